The largest absolute Gasteiger partial charge is 0.290 e. The second kappa shape index (κ2) is 6.22. The van der Waals surface area contributed by atoms with Gasteiger partial charge in [0.05, 0.1) is 32.5 Å². The van der Waals surface area contributed by atoms with Crippen molar-refractivity contribution in [2.24, 2.45) is 0 Å². The number of fused-ring (bicyclic) bond motifs is 1. The fourth-order valence-electron chi connectivity index (χ4n) is 2.71. The van der Waals surface area contributed by atoms with Gasteiger partial charge in [0.1, 0.15) is 5.56 Å². The van der Waals surface area contributed by atoms with Crippen molar-refractivity contribution < 1.29 is 24.4 Å². The quantitative estimate of drug-likeness (QED) is 0.343. The second-order valence-corrected chi connectivity index (χ2v) is 5.43. The molecular weight excluding hydrogens is 362 g/mol. The lowest BCUT2D eigenvalue weighted by molar-refractivity contribution is -0.403. The number of ketones is 2. The van der Waals surface area contributed by atoms with Crippen molar-refractivity contribution in [2.45, 2.75) is 0 Å². The number of hydrogen-bond donors (Lipinski definition) is 0. The zero-order valence-electron chi connectivity index (χ0n) is 13.1. The van der Waals surface area contributed by atoms with Crippen molar-refractivity contribution in [3.05, 3.63) is 89.0 Å². The molecule has 3 rings (SSSR count). The van der Waals surface area contributed by atoms with E-state index in [2.05, 4.69) is 0 Å². The number of rotatable bonds is 4. The maximum absolute atomic E-state index is 12.4. The predicted molar refractivity (Wildman–Crippen MR) is 89.5 cm³/mol. The van der Waals surface area contributed by atoms with Gasteiger partial charge in [0.25, 0.3) is 17.1 Å². The van der Waals surface area contributed by atoms with Crippen molar-refractivity contribution in [1.29, 1.82) is 0 Å². The molecule has 0 aliphatic heterocycles. The minimum atomic E-state index is -1.05. The Balaban J connectivity index is 2.29. The summed E-state index contributed by atoms with van der Waals surface area (Å²) in [4.78, 5) is 55.2. The van der Waals surface area contributed by atoms with E-state index in [1.165, 1.54) is 24.3 Å². The molecule has 0 spiro atoms. The molecule has 27 heavy (non-hydrogen) atoms. The van der Waals surface area contributed by atoms with Gasteiger partial charge in [0.15, 0.2) is 11.6 Å². The molecule has 2 aromatic carbocycles. The Morgan fingerprint density at radius 3 is 1.56 bits per heavy atom. The third-order valence-corrected chi connectivity index (χ3v) is 3.92. The molecule has 2 aromatic rings. The number of hydrogen-bond acceptors (Lipinski definition) is 8. The van der Waals surface area contributed by atoms with Crippen LogP contribution < -0.4 is 0 Å². The van der Waals surface area contributed by atoms with Gasteiger partial charge in [0, 0.05) is 11.1 Å². The van der Waals surface area contributed by atoms with Gasteiger partial charge in [-0.25, -0.2) is 0 Å². The van der Waals surface area contributed by atoms with E-state index in [9.17, 15) is 39.9 Å². The number of benzene rings is 2. The molecule has 0 unspecified atom stereocenters. The Morgan fingerprint density at radius 2 is 1.19 bits per heavy atom. The van der Waals surface area contributed by atoms with Crippen LogP contribution in [0.2, 0.25) is 0 Å². The van der Waals surface area contributed by atoms with Crippen LogP contribution in [0.1, 0.15) is 26.3 Å². The number of allylic oxidation sites excluding steroid dienone is 1. The SMILES string of the molecule is O=C1C(=Cc2c([N+](=O)[O-])cc([N+](=O)[O-])cc2[N+](=O)[O-])C(=O)c2ccccc21. The summed E-state index contributed by atoms with van der Waals surface area (Å²) in [7, 11) is 0. The monoisotopic (exact) mass is 369 g/mol. The summed E-state index contributed by atoms with van der Waals surface area (Å²) in [6, 6.07) is 6.88. The molecule has 0 bridgehead atoms. The van der Waals surface area contributed by atoms with Gasteiger partial charge < -0.3 is 0 Å². The van der Waals surface area contributed by atoms with Crippen molar-refractivity contribution in [2.75, 3.05) is 0 Å². The number of carbonyl (C=O) groups excluding carboxylic acids is 2. The molecule has 1 aliphatic rings. The summed E-state index contributed by atoms with van der Waals surface area (Å²) in [6.07, 6.45) is 0.741. The zero-order valence-corrected chi connectivity index (χ0v) is 13.1. The van der Waals surface area contributed by atoms with E-state index in [-0.39, 0.29) is 11.1 Å². The molecule has 0 N–H and O–H groups in total. The van der Waals surface area contributed by atoms with Gasteiger partial charge >= 0.3 is 0 Å². The number of Topliss-reactive ketones (excluding diaryl/α,β-unsaturated/α-hetero) is 2. The van der Waals surface area contributed by atoms with E-state index in [0.29, 0.717) is 12.1 Å². The molecule has 0 saturated heterocycles. The lowest BCUT2D eigenvalue weighted by Gasteiger charge is -2.02. The highest BCUT2D eigenvalue weighted by Crippen LogP contribution is 2.37. The molecular formula is C16H7N3O8. The summed E-state index contributed by atoms with van der Waals surface area (Å²) in [5, 5.41) is 33.5. The van der Waals surface area contributed by atoms with Crippen LogP contribution in [-0.2, 0) is 0 Å². The molecule has 11 heteroatoms. The first-order chi connectivity index (χ1) is 12.7. The summed E-state index contributed by atoms with van der Waals surface area (Å²) < 4.78 is 0. The van der Waals surface area contributed by atoms with E-state index in [1.54, 1.807) is 0 Å². The van der Waals surface area contributed by atoms with Crippen LogP contribution in [-0.4, -0.2) is 26.3 Å². The summed E-state index contributed by atoms with van der Waals surface area (Å²) >= 11 is 0. The van der Waals surface area contributed by atoms with Crippen LogP contribution in [0.3, 0.4) is 0 Å². The van der Waals surface area contributed by atoms with Gasteiger partial charge in [-0.05, 0) is 6.08 Å². The van der Waals surface area contributed by atoms with E-state index in [4.69, 9.17) is 0 Å². The molecule has 134 valence electrons. The van der Waals surface area contributed by atoms with Gasteiger partial charge in [-0.15, -0.1) is 0 Å². The molecule has 0 atom stereocenters. The molecule has 0 saturated carbocycles. The smallest absolute Gasteiger partial charge is 0.288 e. The van der Waals surface area contributed by atoms with Crippen molar-refractivity contribution >= 4 is 34.7 Å². The third kappa shape index (κ3) is 2.82. The first kappa shape index (κ1) is 17.5. The third-order valence-electron chi connectivity index (χ3n) is 3.92. The minimum absolute atomic E-state index is 0.0703. The lowest BCUT2D eigenvalue weighted by atomic mass is 10.0. The number of nitro benzene ring substituents is 3. The Kier molecular flexibility index (Phi) is 4.04. The van der Waals surface area contributed by atoms with E-state index in [0.717, 1.165) is 6.08 Å². The van der Waals surface area contributed by atoms with Crippen LogP contribution in [0.25, 0.3) is 6.08 Å². The Bertz CT molecular complexity index is 1030. The fraction of sp³-hybridized carbons (Fsp3) is 0. The van der Waals surface area contributed by atoms with Gasteiger partial charge in [-0.1, -0.05) is 24.3 Å². The van der Waals surface area contributed by atoms with E-state index in [1.807, 2.05) is 0 Å². The van der Waals surface area contributed by atoms with Crippen molar-refractivity contribution in [1.82, 2.24) is 0 Å². The molecule has 0 heterocycles. The van der Waals surface area contributed by atoms with Crippen LogP contribution in [0.5, 0.6) is 0 Å². The Morgan fingerprint density at radius 1 is 0.741 bits per heavy atom. The highest BCUT2D eigenvalue weighted by atomic mass is 16.6. The van der Waals surface area contributed by atoms with E-state index >= 15 is 0 Å². The van der Waals surface area contributed by atoms with E-state index < -0.39 is 54.5 Å². The number of nitro groups is 3. The maximum atomic E-state index is 12.4. The summed E-state index contributed by atoms with van der Waals surface area (Å²) in [5.74, 6) is -1.48. The molecule has 1 aliphatic carbocycles. The highest BCUT2D eigenvalue weighted by Gasteiger charge is 2.36. The maximum Gasteiger partial charge on any atom is 0.290 e. The number of nitrogens with zero attached hydrogens (tertiary/aromatic N) is 3. The number of non-ortho nitro benzene ring substituents is 1. The summed E-state index contributed by atoms with van der Waals surface area (Å²) in [5.41, 5.74) is -3.79. The number of carbonyl (C=O) groups is 2. The average molecular weight is 369 g/mol. The Labute approximate surface area is 149 Å². The van der Waals surface area contributed by atoms with Crippen molar-refractivity contribution in [3.63, 3.8) is 0 Å². The molecule has 0 fully saturated rings. The fourth-order valence-corrected chi connectivity index (χ4v) is 2.71. The molecule has 0 radical (unpaired) electrons. The minimum Gasteiger partial charge on any atom is -0.288 e. The topological polar surface area (TPSA) is 164 Å². The molecule has 0 amide bonds. The standard InChI is InChI=1S/C16H7N3O8/c20-15-9-3-1-2-4-10(9)16(21)12(15)7-11-13(18(24)25)5-8(17(22)23)6-14(11)19(26)27/h1-7H. The lowest BCUT2D eigenvalue weighted by Crippen LogP contribution is -2.04. The van der Waals surface area contributed by atoms with Gasteiger partial charge in [-0.2, -0.15) is 0 Å². The molecule has 0 aromatic heterocycles. The molecule has 11 nitrogen and oxygen atoms in total. The Hall–Kier alpha value is -4.28. The van der Waals surface area contributed by atoms with Crippen molar-refractivity contribution in [3.8, 4) is 0 Å². The van der Waals surface area contributed by atoms with Gasteiger partial charge in [-0.3, -0.25) is 39.9 Å². The van der Waals surface area contributed by atoms with Crippen LogP contribution in [0.15, 0.2) is 42.0 Å². The normalized spacial score (nSPS) is 12.7. The van der Waals surface area contributed by atoms with Crippen LogP contribution in [0, 0.1) is 30.3 Å². The van der Waals surface area contributed by atoms with Gasteiger partial charge in [0.2, 0.25) is 0 Å². The highest BCUT2D eigenvalue weighted by molar-refractivity contribution is 6.41. The van der Waals surface area contributed by atoms with Crippen LogP contribution >= 0.6 is 0 Å². The first-order valence-electron chi connectivity index (χ1n) is 7.23. The predicted octanol–water partition coefficient (Wildman–Crippen LogP) is 2.87. The summed E-state index contributed by atoms with van der Waals surface area (Å²) in [6.45, 7) is 0. The average Bonchev–Trinajstić information content (AvgIpc) is 2.86. The zero-order chi connectivity index (χ0) is 19.9. The van der Waals surface area contributed by atoms with Crippen LogP contribution in [0.4, 0.5) is 17.1 Å². The second-order valence-electron chi connectivity index (χ2n) is 5.43. The first-order valence-corrected chi connectivity index (χ1v) is 7.23.